The Hall–Kier alpha value is -0.573. The smallest absolute Gasteiger partial charge is 0.250 e. The number of hydrogen-bond acceptors (Lipinski definition) is 2. The van der Waals surface area contributed by atoms with E-state index < -0.39 is 8.32 Å². The molecule has 14 heavy (non-hydrogen) atoms. The molecule has 0 aliphatic rings. The lowest BCUT2D eigenvalue weighted by Gasteiger charge is -2.29. The fourth-order valence-electron chi connectivity index (χ4n) is 1.62. The molecule has 0 bridgehead atoms. The van der Waals surface area contributed by atoms with Gasteiger partial charge in [-0.05, 0) is 32.0 Å². The molecule has 0 saturated heterocycles. The summed E-state index contributed by atoms with van der Waals surface area (Å²) in [6.45, 7) is 9.98. The highest BCUT2D eigenvalue weighted by Crippen LogP contribution is 2.24. The van der Waals surface area contributed by atoms with Gasteiger partial charge in [-0.3, -0.25) is 4.79 Å². The van der Waals surface area contributed by atoms with E-state index >= 15 is 0 Å². The first-order chi connectivity index (χ1) is 6.49. The van der Waals surface area contributed by atoms with Gasteiger partial charge in [0.05, 0.1) is 5.76 Å². The quantitative estimate of drug-likeness (QED) is 0.384. The molecule has 0 rings (SSSR count). The molecule has 0 N–H and O–H groups in total. The molecule has 0 aromatic rings. The SMILES string of the molecule is CC[Si](CC)(CC)OC(C)=CC(C)=O. The molecule has 0 unspecified atom stereocenters. The normalized spacial score (nSPS) is 12.8. The Bertz CT molecular complexity index is 209. The van der Waals surface area contributed by atoms with Gasteiger partial charge in [-0.1, -0.05) is 20.8 Å². The number of rotatable bonds is 6. The fraction of sp³-hybridized carbons (Fsp3) is 0.727. The number of hydrogen-bond donors (Lipinski definition) is 0. The highest BCUT2D eigenvalue weighted by molar-refractivity contribution is 6.73. The van der Waals surface area contributed by atoms with Crippen LogP contribution >= 0.6 is 0 Å². The molecule has 0 aliphatic carbocycles. The molecule has 3 heteroatoms. The monoisotopic (exact) mass is 214 g/mol. The molecular formula is C11H22O2Si. The van der Waals surface area contributed by atoms with Gasteiger partial charge in [0, 0.05) is 6.08 Å². The topological polar surface area (TPSA) is 26.3 Å². The minimum absolute atomic E-state index is 0.0636. The van der Waals surface area contributed by atoms with Crippen molar-refractivity contribution in [3.8, 4) is 0 Å². The van der Waals surface area contributed by atoms with Gasteiger partial charge in [0.15, 0.2) is 5.78 Å². The van der Waals surface area contributed by atoms with Crippen LogP contribution in [0, 0.1) is 0 Å². The summed E-state index contributed by atoms with van der Waals surface area (Å²) >= 11 is 0. The molecule has 0 aromatic carbocycles. The molecule has 0 aliphatic heterocycles. The predicted octanol–water partition coefficient (Wildman–Crippen LogP) is 3.50. The zero-order valence-electron chi connectivity index (χ0n) is 10.0. The molecule has 0 atom stereocenters. The number of allylic oxidation sites excluding steroid dienone is 2. The molecule has 82 valence electrons. The van der Waals surface area contributed by atoms with Crippen molar-refractivity contribution in [3.63, 3.8) is 0 Å². The molecule has 0 radical (unpaired) electrons. The van der Waals surface area contributed by atoms with Gasteiger partial charge in [-0.25, -0.2) is 0 Å². The second kappa shape index (κ2) is 6.01. The molecule has 0 spiro atoms. The van der Waals surface area contributed by atoms with Crippen LogP contribution in [0.4, 0.5) is 0 Å². The highest BCUT2D eigenvalue weighted by Gasteiger charge is 2.30. The van der Waals surface area contributed by atoms with Crippen molar-refractivity contribution in [1.29, 1.82) is 0 Å². The van der Waals surface area contributed by atoms with Crippen molar-refractivity contribution in [3.05, 3.63) is 11.8 Å². The molecule has 0 fully saturated rings. The van der Waals surface area contributed by atoms with E-state index in [9.17, 15) is 4.79 Å². The van der Waals surface area contributed by atoms with Crippen LogP contribution in [0.25, 0.3) is 0 Å². The van der Waals surface area contributed by atoms with Crippen LogP contribution in [0.3, 0.4) is 0 Å². The van der Waals surface area contributed by atoms with E-state index in [0.29, 0.717) is 0 Å². The predicted molar refractivity (Wildman–Crippen MR) is 62.7 cm³/mol. The van der Waals surface area contributed by atoms with E-state index in [1.165, 1.54) is 0 Å². The third kappa shape index (κ3) is 4.09. The zero-order chi connectivity index (χ0) is 11.2. The van der Waals surface area contributed by atoms with Crippen molar-refractivity contribution in [1.82, 2.24) is 0 Å². The summed E-state index contributed by atoms with van der Waals surface area (Å²) in [4.78, 5) is 10.9. The van der Waals surface area contributed by atoms with E-state index in [1.807, 2.05) is 6.92 Å². The third-order valence-electron chi connectivity index (χ3n) is 2.72. The van der Waals surface area contributed by atoms with Gasteiger partial charge in [0.25, 0.3) is 0 Å². The van der Waals surface area contributed by atoms with Crippen LogP contribution in [0.2, 0.25) is 18.1 Å². The number of carbonyl (C=O) groups is 1. The second-order valence-corrected chi connectivity index (χ2v) is 8.40. The van der Waals surface area contributed by atoms with Crippen LogP contribution in [0.1, 0.15) is 34.6 Å². The fourth-order valence-corrected chi connectivity index (χ4v) is 4.30. The Kier molecular flexibility index (Phi) is 5.77. The van der Waals surface area contributed by atoms with Crippen molar-refractivity contribution in [2.45, 2.75) is 52.8 Å². The summed E-state index contributed by atoms with van der Waals surface area (Å²) in [6, 6.07) is 3.34. The van der Waals surface area contributed by atoms with Crippen molar-refractivity contribution in [2.75, 3.05) is 0 Å². The lowest BCUT2D eigenvalue weighted by Crippen LogP contribution is -2.35. The molecular weight excluding hydrogens is 192 g/mol. The van der Waals surface area contributed by atoms with Crippen LogP contribution < -0.4 is 0 Å². The Morgan fingerprint density at radius 2 is 1.57 bits per heavy atom. The maximum absolute atomic E-state index is 10.9. The zero-order valence-corrected chi connectivity index (χ0v) is 11.0. The molecule has 0 amide bonds. The maximum atomic E-state index is 10.9. The summed E-state index contributed by atoms with van der Waals surface area (Å²) in [6.07, 6.45) is 1.59. The summed E-state index contributed by atoms with van der Waals surface area (Å²) in [5, 5.41) is 0. The van der Waals surface area contributed by atoms with Gasteiger partial charge in [0.1, 0.15) is 0 Å². The Morgan fingerprint density at radius 3 is 1.86 bits per heavy atom. The molecule has 0 aromatic heterocycles. The maximum Gasteiger partial charge on any atom is 0.250 e. The highest BCUT2D eigenvalue weighted by atomic mass is 28.4. The van der Waals surface area contributed by atoms with Crippen LogP contribution in [0.15, 0.2) is 11.8 Å². The van der Waals surface area contributed by atoms with Crippen LogP contribution in [-0.4, -0.2) is 14.1 Å². The van der Waals surface area contributed by atoms with Gasteiger partial charge in [-0.15, -0.1) is 0 Å². The second-order valence-electron chi connectivity index (χ2n) is 3.71. The largest absolute Gasteiger partial charge is 0.547 e. The van der Waals surface area contributed by atoms with Crippen molar-refractivity contribution in [2.24, 2.45) is 0 Å². The van der Waals surface area contributed by atoms with E-state index in [2.05, 4.69) is 20.8 Å². The standard InChI is InChI=1S/C11H22O2Si/c1-6-14(7-2,8-3)13-11(5)9-10(4)12/h9H,6-8H2,1-5H3. The van der Waals surface area contributed by atoms with E-state index in [1.54, 1.807) is 13.0 Å². The van der Waals surface area contributed by atoms with Gasteiger partial charge >= 0.3 is 0 Å². The van der Waals surface area contributed by atoms with Crippen molar-refractivity contribution >= 4 is 14.1 Å². The van der Waals surface area contributed by atoms with Gasteiger partial charge in [-0.2, -0.15) is 0 Å². The molecule has 0 saturated carbocycles. The van der Waals surface area contributed by atoms with Crippen LogP contribution in [0.5, 0.6) is 0 Å². The first-order valence-electron chi connectivity index (χ1n) is 5.37. The average Bonchev–Trinajstić information content (AvgIpc) is 2.13. The first kappa shape index (κ1) is 13.4. The Labute approximate surface area is 88.5 Å². The third-order valence-corrected chi connectivity index (χ3v) is 7.34. The summed E-state index contributed by atoms with van der Waals surface area (Å²) < 4.78 is 5.98. The van der Waals surface area contributed by atoms with E-state index in [-0.39, 0.29) is 5.78 Å². The number of ketones is 1. The van der Waals surface area contributed by atoms with Gasteiger partial charge in [0.2, 0.25) is 8.32 Å². The first-order valence-corrected chi connectivity index (χ1v) is 7.90. The molecule has 0 heterocycles. The molecule has 2 nitrogen and oxygen atoms in total. The Balaban J connectivity index is 4.52. The summed E-state index contributed by atoms with van der Waals surface area (Å²) in [5.41, 5.74) is 0. The average molecular weight is 214 g/mol. The lowest BCUT2D eigenvalue weighted by atomic mass is 10.4. The van der Waals surface area contributed by atoms with E-state index in [4.69, 9.17) is 4.43 Å². The summed E-state index contributed by atoms with van der Waals surface area (Å²) in [7, 11) is -1.57. The van der Waals surface area contributed by atoms with E-state index in [0.717, 1.165) is 23.9 Å². The van der Waals surface area contributed by atoms with Crippen LogP contribution in [-0.2, 0) is 9.22 Å². The van der Waals surface area contributed by atoms with Crippen molar-refractivity contribution < 1.29 is 9.22 Å². The summed E-state index contributed by atoms with van der Waals surface area (Å²) in [5.74, 6) is 0.850. The van der Waals surface area contributed by atoms with Gasteiger partial charge < -0.3 is 4.43 Å². The minimum Gasteiger partial charge on any atom is -0.547 e. The lowest BCUT2D eigenvalue weighted by molar-refractivity contribution is -0.112. The Morgan fingerprint density at radius 1 is 1.14 bits per heavy atom. The number of carbonyl (C=O) groups excluding carboxylic acids is 1. The minimum atomic E-state index is -1.57.